The molecule has 0 aromatic carbocycles. The van der Waals surface area contributed by atoms with Crippen LogP contribution in [0.5, 0.6) is 0 Å². The summed E-state index contributed by atoms with van der Waals surface area (Å²) in [6.07, 6.45) is 5.05. The summed E-state index contributed by atoms with van der Waals surface area (Å²) in [6, 6.07) is 1.32. The predicted molar refractivity (Wildman–Crippen MR) is 51.4 cm³/mol. The second-order valence-corrected chi connectivity index (χ2v) is 4.25. The average molecular weight is 182 g/mol. The molecule has 2 rings (SSSR count). The number of carbonyl (C=O) groups is 1. The lowest BCUT2D eigenvalue weighted by Crippen LogP contribution is -2.47. The molecule has 1 saturated heterocycles. The van der Waals surface area contributed by atoms with Crippen LogP contribution in [-0.4, -0.2) is 36.0 Å². The number of rotatable bonds is 2. The fourth-order valence-electron chi connectivity index (χ4n) is 1.98. The maximum absolute atomic E-state index is 11.1. The number of nitrogens with zero attached hydrogens (tertiary/aromatic N) is 1. The maximum atomic E-state index is 11.1. The van der Waals surface area contributed by atoms with E-state index < -0.39 is 0 Å². The Bertz CT molecular complexity index is 201. The van der Waals surface area contributed by atoms with Crippen molar-refractivity contribution >= 4 is 5.91 Å². The van der Waals surface area contributed by atoms with Crippen LogP contribution in [0, 0.1) is 0 Å². The van der Waals surface area contributed by atoms with Gasteiger partial charge in [0, 0.05) is 32.1 Å². The van der Waals surface area contributed by atoms with Gasteiger partial charge in [-0.1, -0.05) is 0 Å². The van der Waals surface area contributed by atoms with Crippen LogP contribution >= 0.6 is 0 Å². The first kappa shape index (κ1) is 9.00. The third kappa shape index (κ3) is 2.44. The highest BCUT2D eigenvalue weighted by molar-refractivity contribution is 5.73. The van der Waals surface area contributed by atoms with Gasteiger partial charge in [0.25, 0.3) is 0 Å². The summed E-state index contributed by atoms with van der Waals surface area (Å²) in [5.74, 6) is 0.224. The van der Waals surface area contributed by atoms with E-state index in [1.54, 1.807) is 6.92 Å². The Morgan fingerprint density at radius 3 is 2.69 bits per heavy atom. The molecule has 1 atom stereocenters. The van der Waals surface area contributed by atoms with Gasteiger partial charge in [-0.15, -0.1) is 0 Å². The topological polar surface area (TPSA) is 32.3 Å². The molecule has 0 spiro atoms. The molecule has 1 saturated carbocycles. The van der Waals surface area contributed by atoms with Crippen molar-refractivity contribution in [2.24, 2.45) is 0 Å². The molecule has 1 aliphatic carbocycles. The second kappa shape index (κ2) is 3.66. The van der Waals surface area contributed by atoms with Gasteiger partial charge in [0.1, 0.15) is 0 Å². The maximum Gasteiger partial charge on any atom is 0.219 e. The van der Waals surface area contributed by atoms with Crippen LogP contribution < -0.4 is 5.32 Å². The molecule has 74 valence electrons. The van der Waals surface area contributed by atoms with Gasteiger partial charge < -0.3 is 10.2 Å². The van der Waals surface area contributed by atoms with Gasteiger partial charge in [0.15, 0.2) is 0 Å². The van der Waals surface area contributed by atoms with E-state index in [2.05, 4.69) is 5.32 Å². The zero-order valence-corrected chi connectivity index (χ0v) is 8.25. The van der Waals surface area contributed by atoms with Gasteiger partial charge in [-0.25, -0.2) is 0 Å². The molecular formula is C10H18N2O. The van der Waals surface area contributed by atoms with E-state index in [0.29, 0.717) is 6.04 Å². The minimum atomic E-state index is 0.224. The van der Waals surface area contributed by atoms with E-state index in [1.165, 1.54) is 19.3 Å². The van der Waals surface area contributed by atoms with Gasteiger partial charge in [0.05, 0.1) is 0 Å². The molecule has 0 radical (unpaired) electrons. The first-order valence-corrected chi connectivity index (χ1v) is 5.27. The Balaban J connectivity index is 1.80. The summed E-state index contributed by atoms with van der Waals surface area (Å²) in [6.45, 7) is 3.55. The van der Waals surface area contributed by atoms with Crippen molar-refractivity contribution < 1.29 is 4.79 Å². The van der Waals surface area contributed by atoms with Crippen LogP contribution in [-0.2, 0) is 4.79 Å². The van der Waals surface area contributed by atoms with Gasteiger partial charge in [-0.3, -0.25) is 4.79 Å². The van der Waals surface area contributed by atoms with Gasteiger partial charge in [-0.2, -0.15) is 0 Å². The molecule has 1 heterocycles. The Labute approximate surface area is 79.5 Å². The van der Waals surface area contributed by atoms with Crippen LogP contribution in [0.25, 0.3) is 0 Å². The van der Waals surface area contributed by atoms with Crippen molar-refractivity contribution in [3.05, 3.63) is 0 Å². The minimum Gasteiger partial charge on any atom is -0.341 e. The number of hydrogen-bond acceptors (Lipinski definition) is 2. The molecular weight excluding hydrogens is 164 g/mol. The number of hydrogen-bond donors (Lipinski definition) is 1. The van der Waals surface area contributed by atoms with Crippen molar-refractivity contribution in [3.63, 3.8) is 0 Å². The SMILES string of the molecule is CC(=O)N1CCC[C@H](NC2CC2)C1. The number of carbonyl (C=O) groups excluding carboxylic acids is 1. The normalized spacial score (nSPS) is 29.0. The van der Waals surface area contributed by atoms with Crippen molar-refractivity contribution in [2.75, 3.05) is 13.1 Å². The predicted octanol–water partition coefficient (Wildman–Crippen LogP) is 0.749. The molecule has 1 amide bonds. The Morgan fingerprint density at radius 1 is 1.31 bits per heavy atom. The summed E-state index contributed by atoms with van der Waals surface area (Å²) in [4.78, 5) is 13.1. The third-order valence-electron chi connectivity index (χ3n) is 2.92. The monoisotopic (exact) mass is 182 g/mol. The zero-order chi connectivity index (χ0) is 9.26. The zero-order valence-electron chi connectivity index (χ0n) is 8.25. The Morgan fingerprint density at radius 2 is 2.08 bits per heavy atom. The van der Waals surface area contributed by atoms with Crippen molar-refractivity contribution in [1.82, 2.24) is 10.2 Å². The molecule has 0 bridgehead atoms. The summed E-state index contributed by atoms with van der Waals surface area (Å²) in [5.41, 5.74) is 0. The van der Waals surface area contributed by atoms with Gasteiger partial charge in [0.2, 0.25) is 5.91 Å². The van der Waals surface area contributed by atoms with Crippen LogP contribution in [0.1, 0.15) is 32.6 Å². The van der Waals surface area contributed by atoms with Crippen molar-refractivity contribution in [1.29, 1.82) is 0 Å². The van der Waals surface area contributed by atoms with Crippen LogP contribution in [0.2, 0.25) is 0 Å². The molecule has 1 N–H and O–H groups in total. The largest absolute Gasteiger partial charge is 0.341 e. The summed E-state index contributed by atoms with van der Waals surface area (Å²) in [5, 5.41) is 3.58. The standard InChI is InChI=1S/C10H18N2O/c1-8(13)12-6-2-3-10(7-12)11-9-4-5-9/h9-11H,2-7H2,1H3/t10-/m0/s1. The first-order chi connectivity index (χ1) is 6.25. The fraction of sp³-hybridized carbons (Fsp3) is 0.900. The van der Waals surface area contributed by atoms with E-state index in [-0.39, 0.29) is 5.91 Å². The van der Waals surface area contributed by atoms with Crippen LogP contribution in [0.4, 0.5) is 0 Å². The molecule has 2 aliphatic rings. The number of amides is 1. The van der Waals surface area contributed by atoms with Gasteiger partial charge in [-0.05, 0) is 25.7 Å². The molecule has 3 nitrogen and oxygen atoms in total. The number of likely N-dealkylation sites (tertiary alicyclic amines) is 1. The molecule has 1 aliphatic heterocycles. The van der Waals surface area contributed by atoms with Gasteiger partial charge >= 0.3 is 0 Å². The third-order valence-corrected chi connectivity index (χ3v) is 2.92. The first-order valence-electron chi connectivity index (χ1n) is 5.27. The van der Waals surface area contributed by atoms with E-state index in [0.717, 1.165) is 25.6 Å². The quantitative estimate of drug-likeness (QED) is 0.683. The summed E-state index contributed by atoms with van der Waals surface area (Å²) < 4.78 is 0. The van der Waals surface area contributed by atoms with E-state index in [1.807, 2.05) is 4.90 Å². The molecule has 0 unspecified atom stereocenters. The Hall–Kier alpha value is -0.570. The van der Waals surface area contributed by atoms with Crippen LogP contribution in [0.3, 0.4) is 0 Å². The lowest BCUT2D eigenvalue weighted by atomic mass is 10.1. The molecule has 0 aromatic rings. The fourth-order valence-corrected chi connectivity index (χ4v) is 1.98. The van der Waals surface area contributed by atoms with E-state index in [4.69, 9.17) is 0 Å². The van der Waals surface area contributed by atoms with E-state index >= 15 is 0 Å². The second-order valence-electron chi connectivity index (χ2n) is 4.25. The summed E-state index contributed by atoms with van der Waals surface area (Å²) >= 11 is 0. The molecule has 2 fully saturated rings. The molecule has 13 heavy (non-hydrogen) atoms. The lowest BCUT2D eigenvalue weighted by Gasteiger charge is -2.32. The van der Waals surface area contributed by atoms with Crippen molar-refractivity contribution in [2.45, 2.75) is 44.7 Å². The summed E-state index contributed by atoms with van der Waals surface area (Å²) in [7, 11) is 0. The molecule has 0 aromatic heterocycles. The number of piperidine rings is 1. The average Bonchev–Trinajstić information content (AvgIpc) is 2.89. The van der Waals surface area contributed by atoms with E-state index in [9.17, 15) is 4.79 Å². The number of nitrogens with one attached hydrogen (secondary N) is 1. The van der Waals surface area contributed by atoms with Crippen molar-refractivity contribution in [3.8, 4) is 0 Å². The highest BCUT2D eigenvalue weighted by atomic mass is 16.2. The Kier molecular flexibility index (Phi) is 2.54. The smallest absolute Gasteiger partial charge is 0.219 e. The minimum absolute atomic E-state index is 0.224. The highest BCUT2D eigenvalue weighted by Crippen LogP contribution is 2.21. The highest BCUT2D eigenvalue weighted by Gasteiger charge is 2.28. The molecule has 3 heteroatoms. The lowest BCUT2D eigenvalue weighted by molar-refractivity contribution is -0.130. The van der Waals surface area contributed by atoms with Crippen LogP contribution in [0.15, 0.2) is 0 Å².